The molecule has 2 aromatic rings. The van der Waals surface area contributed by atoms with Crippen molar-refractivity contribution in [1.29, 1.82) is 0 Å². The minimum absolute atomic E-state index is 0.280. The molecule has 0 atom stereocenters. The Labute approximate surface area is 89.8 Å². The van der Waals surface area contributed by atoms with Gasteiger partial charge in [-0.2, -0.15) is 4.98 Å². The summed E-state index contributed by atoms with van der Waals surface area (Å²) in [5.74, 6) is 0. The van der Waals surface area contributed by atoms with Gasteiger partial charge in [-0.3, -0.25) is 0 Å². The van der Waals surface area contributed by atoms with Gasteiger partial charge in [0.1, 0.15) is 12.0 Å². The van der Waals surface area contributed by atoms with Crippen LogP contribution in [-0.2, 0) is 0 Å². The van der Waals surface area contributed by atoms with E-state index in [0.717, 1.165) is 15.7 Å². The monoisotopic (exact) mass is 253 g/mol. The Balaban J connectivity index is 2.34. The molecule has 2 rings (SSSR count). The highest BCUT2D eigenvalue weighted by atomic mass is 79.9. The molecule has 0 unspecified atom stereocenters. The van der Waals surface area contributed by atoms with Crippen LogP contribution in [0.1, 0.15) is 0 Å². The molecule has 0 N–H and O–H groups in total. The van der Waals surface area contributed by atoms with Crippen LogP contribution >= 0.6 is 15.9 Å². The Morgan fingerprint density at radius 2 is 2.00 bits per heavy atom. The lowest BCUT2D eigenvalue weighted by Gasteiger charge is -1.94. The van der Waals surface area contributed by atoms with Crippen LogP contribution in [0.5, 0.6) is 6.08 Å². The highest BCUT2D eigenvalue weighted by Gasteiger charge is 2.05. The summed E-state index contributed by atoms with van der Waals surface area (Å²) < 4.78 is 10.9. The van der Waals surface area contributed by atoms with Gasteiger partial charge in [0, 0.05) is 10.0 Å². The van der Waals surface area contributed by atoms with Crippen molar-refractivity contribution in [2.24, 2.45) is 0 Å². The van der Waals surface area contributed by atoms with Crippen LogP contribution in [0.4, 0.5) is 0 Å². The van der Waals surface area contributed by atoms with Gasteiger partial charge in [-0.05, 0) is 12.1 Å². The largest absolute Gasteiger partial charge is 0.454 e. The molecule has 0 amide bonds. The van der Waals surface area contributed by atoms with E-state index < -0.39 is 0 Å². The number of oxazole rings is 1. The molecule has 0 saturated carbocycles. The molecule has 3 nitrogen and oxygen atoms in total. The van der Waals surface area contributed by atoms with E-state index in [1.165, 1.54) is 7.11 Å². The lowest BCUT2D eigenvalue weighted by molar-refractivity contribution is 0.290. The molecule has 0 spiro atoms. The lowest BCUT2D eigenvalue weighted by Crippen LogP contribution is -1.82. The Bertz CT molecular complexity index is 422. The summed E-state index contributed by atoms with van der Waals surface area (Å²) in [5.41, 5.74) is 1.77. The van der Waals surface area contributed by atoms with Gasteiger partial charge in [0.25, 0.3) is 0 Å². The second-order valence-corrected chi connectivity index (χ2v) is 3.63. The minimum atomic E-state index is 0.280. The fourth-order valence-electron chi connectivity index (χ4n) is 1.10. The number of rotatable bonds is 2. The van der Waals surface area contributed by atoms with E-state index >= 15 is 0 Å². The number of methoxy groups -OCH3 is 1. The van der Waals surface area contributed by atoms with E-state index in [0.29, 0.717) is 0 Å². The maximum atomic E-state index is 5.05. The SMILES string of the molecule is COc1nc(-c2ccc(Br)cc2)co1. The van der Waals surface area contributed by atoms with Gasteiger partial charge in [0.2, 0.25) is 0 Å². The zero-order chi connectivity index (χ0) is 9.97. The van der Waals surface area contributed by atoms with Crippen LogP contribution in [-0.4, -0.2) is 12.1 Å². The molecule has 0 radical (unpaired) electrons. The number of hydrogen-bond donors (Lipinski definition) is 0. The van der Waals surface area contributed by atoms with Gasteiger partial charge in [-0.1, -0.05) is 28.1 Å². The molecule has 0 aliphatic rings. The van der Waals surface area contributed by atoms with Crippen LogP contribution < -0.4 is 4.74 Å². The van der Waals surface area contributed by atoms with Gasteiger partial charge in [0.05, 0.1) is 7.11 Å². The van der Waals surface area contributed by atoms with E-state index in [-0.39, 0.29) is 6.08 Å². The highest BCUT2D eigenvalue weighted by Crippen LogP contribution is 2.23. The first-order valence-electron chi connectivity index (χ1n) is 4.05. The molecule has 72 valence electrons. The van der Waals surface area contributed by atoms with E-state index in [1.54, 1.807) is 6.26 Å². The van der Waals surface area contributed by atoms with Crippen molar-refractivity contribution in [1.82, 2.24) is 4.98 Å². The van der Waals surface area contributed by atoms with Crippen molar-refractivity contribution < 1.29 is 9.15 Å². The normalized spacial score (nSPS) is 10.1. The first-order valence-corrected chi connectivity index (χ1v) is 4.84. The van der Waals surface area contributed by atoms with Crippen molar-refractivity contribution in [3.63, 3.8) is 0 Å². The first kappa shape index (κ1) is 9.27. The predicted molar refractivity (Wildman–Crippen MR) is 56.2 cm³/mol. The summed E-state index contributed by atoms with van der Waals surface area (Å²) in [6.07, 6.45) is 1.85. The van der Waals surface area contributed by atoms with Crippen LogP contribution in [0.3, 0.4) is 0 Å². The molecule has 1 aromatic heterocycles. The van der Waals surface area contributed by atoms with E-state index in [1.807, 2.05) is 24.3 Å². The zero-order valence-electron chi connectivity index (χ0n) is 7.53. The Morgan fingerprint density at radius 3 is 2.57 bits per heavy atom. The molecule has 0 bridgehead atoms. The average molecular weight is 254 g/mol. The molecule has 1 heterocycles. The number of halogens is 1. The van der Waals surface area contributed by atoms with Crippen molar-refractivity contribution in [2.45, 2.75) is 0 Å². The summed E-state index contributed by atoms with van der Waals surface area (Å²) >= 11 is 3.37. The van der Waals surface area contributed by atoms with Gasteiger partial charge < -0.3 is 9.15 Å². The van der Waals surface area contributed by atoms with Crippen molar-refractivity contribution in [3.05, 3.63) is 35.0 Å². The third kappa shape index (κ3) is 1.80. The summed E-state index contributed by atoms with van der Waals surface area (Å²) in [7, 11) is 1.52. The first-order chi connectivity index (χ1) is 6.79. The number of benzene rings is 1. The highest BCUT2D eigenvalue weighted by molar-refractivity contribution is 9.10. The Kier molecular flexibility index (Phi) is 2.54. The Hall–Kier alpha value is -1.29. The molecule has 1 aromatic carbocycles. The molecule has 14 heavy (non-hydrogen) atoms. The van der Waals surface area contributed by atoms with Gasteiger partial charge >= 0.3 is 6.08 Å². The zero-order valence-corrected chi connectivity index (χ0v) is 9.11. The molecule has 0 saturated heterocycles. The maximum absolute atomic E-state index is 5.05. The molecule has 4 heteroatoms. The molecular formula is C10H8BrNO2. The molecule has 0 aliphatic heterocycles. The lowest BCUT2D eigenvalue weighted by atomic mass is 10.2. The summed E-state index contributed by atoms with van der Waals surface area (Å²) in [5, 5.41) is 0. The summed E-state index contributed by atoms with van der Waals surface area (Å²) in [6.45, 7) is 0. The van der Waals surface area contributed by atoms with Crippen LogP contribution in [0, 0.1) is 0 Å². The molecule has 0 aliphatic carbocycles. The summed E-state index contributed by atoms with van der Waals surface area (Å²) in [6, 6.07) is 7.83. The second-order valence-electron chi connectivity index (χ2n) is 2.71. The van der Waals surface area contributed by atoms with Gasteiger partial charge in [0.15, 0.2) is 0 Å². The summed E-state index contributed by atoms with van der Waals surface area (Å²) in [4.78, 5) is 4.12. The number of aromatic nitrogens is 1. The average Bonchev–Trinajstić information content (AvgIpc) is 2.67. The quantitative estimate of drug-likeness (QED) is 0.825. The third-order valence-corrected chi connectivity index (χ3v) is 2.33. The minimum Gasteiger partial charge on any atom is -0.454 e. The Morgan fingerprint density at radius 1 is 1.29 bits per heavy atom. The van der Waals surface area contributed by atoms with Crippen LogP contribution in [0.25, 0.3) is 11.3 Å². The second kappa shape index (κ2) is 3.84. The van der Waals surface area contributed by atoms with E-state index in [4.69, 9.17) is 9.15 Å². The number of nitrogens with zero attached hydrogens (tertiary/aromatic N) is 1. The van der Waals surface area contributed by atoms with Gasteiger partial charge in [-0.15, -0.1) is 0 Å². The standard InChI is InChI=1S/C10H8BrNO2/c1-13-10-12-9(6-14-10)7-2-4-8(11)5-3-7/h2-6H,1H3. The van der Waals surface area contributed by atoms with Crippen LogP contribution in [0.15, 0.2) is 39.4 Å². The third-order valence-electron chi connectivity index (χ3n) is 1.80. The van der Waals surface area contributed by atoms with Crippen LogP contribution in [0.2, 0.25) is 0 Å². The predicted octanol–water partition coefficient (Wildman–Crippen LogP) is 3.11. The molecular weight excluding hydrogens is 246 g/mol. The molecule has 0 fully saturated rings. The fraction of sp³-hybridized carbons (Fsp3) is 0.100. The van der Waals surface area contributed by atoms with E-state index in [9.17, 15) is 0 Å². The fourth-order valence-corrected chi connectivity index (χ4v) is 1.37. The van der Waals surface area contributed by atoms with E-state index in [2.05, 4.69) is 20.9 Å². The topological polar surface area (TPSA) is 35.3 Å². The maximum Gasteiger partial charge on any atom is 0.393 e. The number of hydrogen-bond acceptors (Lipinski definition) is 3. The van der Waals surface area contributed by atoms with Crippen molar-refractivity contribution >= 4 is 15.9 Å². The van der Waals surface area contributed by atoms with Gasteiger partial charge in [-0.25, -0.2) is 0 Å². The van der Waals surface area contributed by atoms with Crippen molar-refractivity contribution in [3.8, 4) is 17.3 Å². The van der Waals surface area contributed by atoms with Crippen molar-refractivity contribution in [2.75, 3.05) is 7.11 Å². The smallest absolute Gasteiger partial charge is 0.393 e. The number of ether oxygens (including phenoxy) is 1.